The smallest absolute Gasteiger partial charge is 0.0961 e. The highest BCUT2D eigenvalue weighted by Crippen LogP contribution is 2.11. The molecule has 0 saturated carbocycles. The van der Waals surface area contributed by atoms with E-state index in [1.54, 1.807) is 0 Å². The molecule has 0 radical (unpaired) electrons. The van der Waals surface area contributed by atoms with Gasteiger partial charge in [0.15, 0.2) is 0 Å². The minimum Gasteiger partial charge on any atom is -0.301 e. The third-order valence-electron chi connectivity index (χ3n) is 2.22. The molecule has 4 heteroatoms. The van der Waals surface area contributed by atoms with Gasteiger partial charge in [0, 0.05) is 23.8 Å². The summed E-state index contributed by atoms with van der Waals surface area (Å²) in [6.07, 6.45) is 4.06. The van der Waals surface area contributed by atoms with Gasteiger partial charge in [0.25, 0.3) is 0 Å². The zero-order valence-electron chi connectivity index (χ0n) is 9.20. The van der Waals surface area contributed by atoms with Gasteiger partial charge in [-0.3, -0.25) is 0 Å². The van der Waals surface area contributed by atoms with Gasteiger partial charge in [-0.25, -0.2) is 4.89 Å². The summed E-state index contributed by atoms with van der Waals surface area (Å²) in [7, 11) is 0. The van der Waals surface area contributed by atoms with Crippen LogP contribution in [-0.4, -0.2) is 36.4 Å². The van der Waals surface area contributed by atoms with Crippen molar-refractivity contribution in [1.29, 1.82) is 0 Å². The zero-order valence-corrected chi connectivity index (χ0v) is 10.0. The number of hydrogen-bond donors (Lipinski definition) is 0. The van der Waals surface area contributed by atoms with Gasteiger partial charge in [-0.2, -0.15) is 4.33 Å². The lowest BCUT2D eigenvalue weighted by molar-refractivity contribution is -0.194. The number of piperidine rings is 1. The number of hydrogen-bond acceptors (Lipinski definition) is 4. The highest BCUT2D eigenvalue weighted by molar-refractivity contribution is 7.95. The fourth-order valence-corrected chi connectivity index (χ4v) is 1.77. The van der Waals surface area contributed by atoms with Crippen LogP contribution in [-0.2, 0) is 9.22 Å². The Labute approximate surface area is 91.3 Å². The van der Waals surface area contributed by atoms with Crippen molar-refractivity contribution in [3.8, 4) is 0 Å². The molecular weight excluding hydrogens is 198 g/mol. The molecule has 0 aromatic heterocycles. The molecule has 0 N–H and O–H groups in total. The Bertz CT molecular complexity index is 138. The van der Waals surface area contributed by atoms with Crippen molar-refractivity contribution >= 4 is 12.0 Å². The second-order valence-electron chi connectivity index (χ2n) is 3.94. The first kappa shape index (κ1) is 12.3. The summed E-state index contributed by atoms with van der Waals surface area (Å²) >= 11 is 1.38. The minimum absolute atomic E-state index is 0.463. The molecule has 0 aromatic rings. The van der Waals surface area contributed by atoms with E-state index < -0.39 is 0 Å². The third kappa shape index (κ3) is 5.86. The van der Waals surface area contributed by atoms with Gasteiger partial charge in [0.05, 0.1) is 6.61 Å². The molecule has 1 aliphatic heterocycles. The summed E-state index contributed by atoms with van der Waals surface area (Å²) in [6, 6.07) is 0. The maximum atomic E-state index is 5.07. The van der Waals surface area contributed by atoms with E-state index in [0.717, 1.165) is 6.54 Å². The van der Waals surface area contributed by atoms with Crippen molar-refractivity contribution in [3.05, 3.63) is 0 Å². The van der Waals surface area contributed by atoms with Crippen LogP contribution in [0.3, 0.4) is 0 Å². The van der Waals surface area contributed by atoms with Crippen LogP contribution in [0.1, 0.15) is 33.1 Å². The van der Waals surface area contributed by atoms with Crippen molar-refractivity contribution in [2.24, 2.45) is 0 Å². The molecule has 0 unspecified atom stereocenters. The topological polar surface area (TPSA) is 21.7 Å². The third-order valence-corrected chi connectivity index (χ3v) is 2.78. The fourth-order valence-electron chi connectivity index (χ4n) is 1.49. The lowest BCUT2D eigenvalue weighted by Gasteiger charge is -2.25. The molecule has 0 bridgehead atoms. The normalized spacial score (nSPS) is 19.1. The highest BCUT2D eigenvalue weighted by Gasteiger charge is 2.09. The lowest BCUT2D eigenvalue weighted by Crippen LogP contribution is -2.32. The Balaban J connectivity index is 1.87. The largest absolute Gasteiger partial charge is 0.301 e. The summed E-state index contributed by atoms with van der Waals surface area (Å²) in [5, 5.41) is 0.463. The average Bonchev–Trinajstić information content (AvgIpc) is 2.18. The first-order valence-corrected chi connectivity index (χ1v) is 6.27. The molecule has 0 atom stereocenters. The van der Waals surface area contributed by atoms with Crippen molar-refractivity contribution in [1.82, 2.24) is 4.90 Å². The van der Waals surface area contributed by atoms with Gasteiger partial charge in [0.1, 0.15) is 0 Å². The molecule has 1 saturated heterocycles. The van der Waals surface area contributed by atoms with Crippen LogP contribution < -0.4 is 0 Å². The Morgan fingerprint density at radius 2 is 1.93 bits per heavy atom. The highest BCUT2D eigenvalue weighted by atomic mass is 32.2. The fraction of sp³-hybridized carbons (Fsp3) is 1.00. The molecule has 1 rings (SSSR count). The van der Waals surface area contributed by atoms with Gasteiger partial charge >= 0.3 is 0 Å². The first-order valence-electron chi connectivity index (χ1n) is 5.46. The van der Waals surface area contributed by atoms with E-state index in [4.69, 9.17) is 9.22 Å². The van der Waals surface area contributed by atoms with Gasteiger partial charge < -0.3 is 4.90 Å². The molecule has 1 heterocycles. The number of nitrogens with zero attached hydrogens (tertiary/aromatic N) is 1. The van der Waals surface area contributed by atoms with E-state index in [1.165, 1.54) is 44.4 Å². The molecule has 0 spiro atoms. The summed E-state index contributed by atoms with van der Waals surface area (Å²) in [5.41, 5.74) is 0. The Hall–Kier alpha value is 0.230. The average molecular weight is 219 g/mol. The van der Waals surface area contributed by atoms with Crippen LogP contribution in [0.15, 0.2) is 0 Å². The molecule has 1 fully saturated rings. The SMILES string of the molecule is CC(C)SOOCCN1CCCCC1. The summed E-state index contributed by atoms with van der Waals surface area (Å²) in [4.78, 5) is 7.51. The van der Waals surface area contributed by atoms with Crippen molar-refractivity contribution in [3.63, 3.8) is 0 Å². The van der Waals surface area contributed by atoms with Crippen LogP contribution >= 0.6 is 12.0 Å². The van der Waals surface area contributed by atoms with Crippen molar-refractivity contribution in [2.45, 2.75) is 38.4 Å². The quantitative estimate of drug-likeness (QED) is 0.296. The maximum absolute atomic E-state index is 5.07. The van der Waals surface area contributed by atoms with Gasteiger partial charge in [-0.1, -0.05) is 20.3 Å². The summed E-state index contributed by atoms with van der Waals surface area (Å²) in [6.45, 7) is 8.29. The van der Waals surface area contributed by atoms with E-state index >= 15 is 0 Å². The Morgan fingerprint density at radius 1 is 1.21 bits per heavy atom. The Morgan fingerprint density at radius 3 is 2.57 bits per heavy atom. The van der Waals surface area contributed by atoms with Crippen LogP contribution in [0.25, 0.3) is 0 Å². The number of likely N-dealkylation sites (tertiary alicyclic amines) is 1. The minimum atomic E-state index is 0.463. The Kier molecular flexibility index (Phi) is 6.60. The van der Waals surface area contributed by atoms with Crippen LogP contribution in [0.5, 0.6) is 0 Å². The number of rotatable bonds is 6. The van der Waals surface area contributed by atoms with E-state index in [1.807, 2.05) is 0 Å². The molecule has 84 valence electrons. The second kappa shape index (κ2) is 7.51. The monoisotopic (exact) mass is 219 g/mol. The van der Waals surface area contributed by atoms with E-state index in [-0.39, 0.29) is 0 Å². The van der Waals surface area contributed by atoms with E-state index in [9.17, 15) is 0 Å². The van der Waals surface area contributed by atoms with Crippen molar-refractivity contribution < 1.29 is 9.22 Å². The van der Waals surface area contributed by atoms with Crippen LogP contribution in [0, 0.1) is 0 Å². The molecule has 0 amide bonds. The van der Waals surface area contributed by atoms with Gasteiger partial charge in [-0.05, 0) is 25.9 Å². The molecule has 0 aromatic carbocycles. The zero-order chi connectivity index (χ0) is 10.2. The second-order valence-corrected chi connectivity index (χ2v) is 5.21. The van der Waals surface area contributed by atoms with E-state index in [0.29, 0.717) is 11.9 Å². The van der Waals surface area contributed by atoms with Crippen LogP contribution in [0.2, 0.25) is 0 Å². The van der Waals surface area contributed by atoms with E-state index in [2.05, 4.69) is 18.7 Å². The van der Waals surface area contributed by atoms with Crippen molar-refractivity contribution in [2.75, 3.05) is 26.2 Å². The molecule has 0 aliphatic carbocycles. The van der Waals surface area contributed by atoms with Gasteiger partial charge in [0.2, 0.25) is 0 Å². The van der Waals surface area contributed by atoms with Gasteiger partial charge in [-0.15, -0.1) is 0 Å². The lowest BCUT2D eigenvalue weighted by atomic mass is 10.1. The predicted octanol–water partition coefficient (Wildman–Crippen LogP) is 2.48. The summed E-state index contributed by atoms with van der Waals surface area (Å²) in [5.74, 6) is 0. The molecule has 3 nitrogen and oxygen atoms in total. The molecular formula is C10H21NO2S. The molecule has 14 heavy (non-hydrogen) atoms. The standard InChI is InChI=1S/C10H21NO2S/c1-10(2)14-13-12-9-8-11-6-4-3-5-7-11/h10H,3-9H2,1-2H3. The summed E-state index contributed by atoms with van der Waals surface area (Å²) < 4.78 is 4.98. The van der Waals surface area contributed by atoms with Crippen LogP contribution in [0.4, 0.5) is 0 Å². The predicted molar refractivity (Wildman–Crippen MR) is 60.1 cm³/mol. The molecule has 1 aliphatic rings. The first-order chi connectivity index (χ1) is 6.79. The maximum Gasteiger partial charge on any atom is 0.0961 e.